The van der Waals surface area contributed by atoms with Crippen molar-refractivity contribution < 1.29 is 4.79 Å². The number of hydrogen-bond donors (Lipinski definition) is 1. The fourth-order valence-electron chi connectivity index (χ4n) is 3.31. The largest absolute Gasteiger partial charge is 0.352 e. The highest BCUT2D eigenvalue weighted by molar-refractivity contribution is 5.81. The Hall–Kier alpha value is -2.30. The van der Waals surface area contributed by atoms with Gasteiger partial charge < -0.3 is 14.8 Å². The highest BCUT2D eigenvalue weighted by Gasteiger charge is 2.28. The van der Waals surface area contributed by atoms with Crippen molar-refractivity contribution in [1.82, 2.24) is 14.9 Å². The minimum Gasteiger partial charge on any atom is -0.352 e. The van der Waals surface area contributed by atoms with E-state index in [9.17, 15) is 4.79 Å². The van der Waals surface area contributed by atoms with Crippen molar-refractivity contribution in [2.24, 2.45) is 5.92 Å². The van der Waals surface area contributed by atoms with E-state index in [1.807, 2.05) is 18.2 Å². The number of aryl methyl sites for hydroxylation is 1. The molecule has 5 heteroatoms. The lowest BCUT2D eigenvalue weighted by Gasteiger charge is -2.33. The summed E-state index contributed by atoms with van der Waals surface area (Å²) < 4.78 is 2.24. The van der Waals surface area contributed by atoms with Gasteiger partial charge in [0, 0.05) is 26.2 Å². The first-order chi connectivity index (χ1) is 11.2. The van der Waals surface area contributed by atoms with E-state index in [4.69, 9.17) is 4.98 Å². The molecule has 1 aromatic heterocycles. The van der Waals surface area contributed by atoms with Crippen LogP contribution < -0.4 is 10.2 Å². The number of para-hydroxylation sites is 2. The number of rotatable bonds is 5. The quantitative estimate of drug-likeness (QED) is 0.863. The summed E-state index contributed by atoms with van der Waals surface area (Å²) in [6, 6.07) is 8.21. The standard InChI is InChI=1S/C18H24N4O/c1-3-11-19-17(23)14-8-7-12-21(13-14)18-20-15-9-5-6-10-16(15)22(18)4-2/h3,5-6,9-10,14H,1,4,7-8,11-13H2,2H3,(H,19,23). The van der Waals surface area contributed by atoms with Gasteiger partial charge in [-0.3, -0.25) is 4.79 Å². The molecule has 0 saturated carbocycles. The van der Waals surface area contributed by atoms with E-state index in [2.05, 4.69) is 34.4 Å². The molecule has 1 aliphatic rings. The van der Waals surface area contributed by atoms with Crippen molar-refractivity contribution in [3.63, 3.8) is 0 Å². The van der Waals surface area contributed by atoms with Crippen LogP contribution in [0.3, 0.4) is 0 Å². The number of benzene rings is 1. The molecule has 0 aliphatic carbocycles. The molecule has 122 valence electrons. The lowest BCUT2D eigenvalue weighted by Crippen LogP contribution is -2.44. The zero-order valence-electron chi connectivity index (χ0n) is 13.7. The monoisotopic (exact) mass is 312 g/mol. The number of anilines is 1. The first-order valence-corrected chi connectivity index (χ1v) is 8.33. The van der Waals surface area contributed by atoms with Gasteiger partial charge in [0.15, 0.2) is 0 Å². The second-order valence-electron chi connectivity index (χ2n) is 5.96. The number of fused-ring (bicyclic) bond motifs is 1. The molecule has 1 atom stereocenters. The molecule has 1 aromatic carbocycles. The molecule has 1 fully saturated rings. The highest BCUT2D eigenvalue weighted by atomic mass is 16.1. The molecular weight excluding hydrogens is 288 g/mol. The molecule has 1 aliphatic heterocycles. The zero-order valence-corrected chi connectivity index (χ0v) is 13.7. The van der Waals surface area contributed by atoms with Gasteiger partial charge >= 0.3 is 0 Å². The Balaban J connectivity index is 1.83. The number of carbonyl (C=O) groups is 1. The van der Waals surface area contributed by atoms with Gasteiger partial charge in [0.25, 0.3) is 0 Å². The third-order valence-corrected chi connectivity index (χ3v) is 4.45. The second kappa shape index (κ2) is 6.86. The van der Waals surface area contributed by atoms with Crippen LogP contribution in [-0.4, -0.2) is 35.1 Å². The van der Waals surface area contributed by atoms with Gasteiger partial charge in [-0.05, 0) is 31.9 Å². The SMILES string of the molecule is C=CCNC(=O)C1CCCN(c2nc3ccccc3n2CC)C1. The topological polar surface area (TPSA) is 50.2 Å². The maximum absolute atomic E-state index is 12.2. The number of amides is 1. The van der Waals surface area contributed by atoms with Crippen molar-refractivity contribution in [2.45, 2.75) is 26.3 Å². The third kappa shape index (κ3) is 3.09. The Bertz CT molecular complexity index is 706. The van der Waals surface area contributed by atoms with Crippen molar-refractivity contribution in [2.75, 3.05) is 24.5 Å². The predicted molar refractivity (Wildman–Crippen MR) is 93.6 cm³/mol. The molecule has 0 bridgehead atoms. The average molecular weight is 312 g/mol. The number of nitrogens with zero attached hydrogens (tertiary/aromatic N) is 3. The Morgan fingerprint density at radius 1 is 1.48 bits per heavy atom. The Labute approximate surface area is 137 Å². The van der Waals surface area contributed by atoms with Crippen LogP contribution in [0.15, 0.2) is 36.9 Å². The lowest BCUT2D eigenvalue weighted by atomic mass is 9.97. The first kappa shape index (κ1) is 15.6. The molecule has 1 amide bonds. The van der Waals surface area contributed by atoms with Gasteiger partial charge in [0.05, 0.1) is 17.0 Å². The molecule has 1 unspecified atom stereocenters. The number of imidazole rings is 1. The van der Waals surface area contributed by atoms with Gasteiger partial charge in [-0.15, -0.1) is 6.58 Å². The summed E-state index contributed by atoms with van der Waals surface area (Å²) in [5, 5.41) is 2.92. The zero-order chi connectivity index (χ0) is 16.2. The molecule has 2 aromatic rings. The molecule has 2 heterocycles. The van der Waals surface area contributed by atoms with Gasteiger partial charge in [-0.2, -0.15) is 0 Å². The van der Waals surface area contributed by atoms with Gasteiger partial charge in [0.1, 0.15) is 0 Å². The lowest BCUT2D eigenvalue weighted by molar-refractivity contribution is -0.125. The summed E-state index contributed by atoms with van der Waals surface area (Å²) in [4.78, 5) is 19.3. The maximum atomic E-state index is 12.2. The Kier molecular flexibility index (Phi) is 4.65. The van der Waals surface area contributed by atoms with E-state index in [1.165, 1.54) is 0 Å². The number of hydrogen-bond acceptors (Lipinski definition) is 3. The van der Waals surface area contributed by atoms with E-state index in [1.54, 1.807) is 6.08 Å². The summed E-state index contributed by atoms with van der Waals surface area (Å²) in [5.74, 6) is 1.12. The molecule has 3 rings (SSSR count). The van der Waals surface area contributed by atoms with E-state index in [-0.39, 0.29) is 11.8 Å². The smallest absolute Gasteiger partial charge is 0.225 e. The molecule has 23 heavy (non-hydrogen) atoms. The van der Waals surface area contributed by atoms with Crippen LogP contribution in [0.1, 0.15) is 19.8 Å². The first-order valence-electron chi connectivity index (χ1n) is 8.33. The highest BCUT2D eigenvalue weighted by Crippen LogP contribution is 2.26. The third-order valence-electron chi connectivity index (χ3n) is 4.45. The van der Waals surface area contributed by atoms with Crippen LogP contribution in [0.5, 0.6) is 0 Å². The number of piperidine rings is 1. The minimum absolute atomic E-state index is 0.0221. The molecule has 0 radical (unpaired) electrons. The van der Waals surface area contributed by atoms with Crippen LogP contribution in [0, 0.1) is 5.92 Å². The molecule has 1 N–H and O–H groups in total. The van der Waals surface area contributed by atoms with Gasteiger partial charge in [0.2, 0.25) is 11.9 Å². The number of carbonyl (C=O) groups excluding carboxylic acids is 1. The molecule has 1 saturated heterocycles. The normalized spacial score (nSPS) is 18.1. The summed E-state index contributed by atoms with van der Waals surface area (Å²) in [6.07, 6.45) is 3.67. The fraction of sp³-hybridized carbons (Fsp3) is 0.444. The van der Waals surface area contributed by atoms with Gasteiger partial charge in [-0.1, -0.05) is 18.2 Å². The number of aromatic nitrogens is 2. The second-order valence-corrected chi connectivity index (χ2v) is 5.96. The fourth-order valence-corrected chi connectivity index (χ4v) is 3.31. The summed E-state index contributed by atoms with van der Waals surface area (Å²) in [6.45, 7) is 8.87. The maximum Gasteiger partial charge on any atom is 0.225 e. The van der Waals surface area contributed by atoms with E-state index >= 15 is 0 Å². The van der Waals surface area contributed by atoms with E-state index in [0.29, 0.717) is 6.54 Å². The Morgan fingerprint density at radius 2 is 2.30 bits per heavy atom. The number of nitrogens with one attached hydrogen (secondary N) is 1. The van der Waals surface area contributed by atoms with Crippen molar-refractivity contribution >= 4 is 22.9 Å². The van der Waals surface area contributed by atoms with Crippen LogP contribution in [0.4, 0.5) is 5.95 Å². The van der Waals surface area contributed by atoms with Gasteiger partial charge in [-0.25, -0.2) is 4.98 Å². The van der Waals surface area contributed by atoms with Crippen LogP contribution in [0.25, 0.3) is 11.0 Å². The van der Waals surface area contributed by atoms with E-state index < -0.39 is 0 Å². The van der Waals surface area contributed by atoms with Crippen LogP contribution in [0.2, 0.25) is 0 Å². The predicted octanol–water partition coefficient (Wildman–Crippen LogP) is 2.57. The summed E-state index contributed by atoms with van der Waals surface area (Å²) in [5.41, 5.74) is 2.17. The average Bonchev–Trinajstić information content (AvgIpc) is 2.98. The molecule has 0 spiro atoms. The summed E-state index contributed by atoms with van der Waals surface area (Å²) >= 11 is 0. The van der Waals surface area contributed by atoms with Crippen molar-refractivity contribution in [3.05, 3.63) is 36.9 Å². The van der Waals surface area contributed by atoms with Crippen molar-refractivity contribution in [1.29, 1.82) is 0 Å². The molecule has 5 nitrogen and oxygen atoms in total. The molecular formula is C18H24N4O. The summed E-state index contributed by atoms with van der Waals surface area (Å²) in [7, 11) is 0. The van der Waals surface area contributed by atoms with Crippen molar-refractivity contribution in [3.8, 4) is 0 Å². The minimum atomic E-state index is 0.0221. The van der Waals surface area contributed by atoms with Crippen LogP contribution in [-0.2, 0) is 11.3 Å². The van der Waals surface area contributed by atoms with Crippen LogP contribution >= 0.6 is 0 Å². The Morgan fingerprint density at radius 3 is 3.09 bits per heavy atom. The van der Waals surface area contributed by atoms with E-state index in [0.717, 1.165) is 49.5 Å².